The van der Waals surface area contributed by atoms with Crippen molar-refractivity contribution in [1.29, 1.82) is 0 Å². The van der Waals surface area contributed by atoms with E-state index in [1.807, 2.05) is 38.1 Å². The van der Waals surface area contributed by atoms with E-state index >= 15 is 0 Å². The second-order valence-electron chi connectivity index (χ2n) is 7.99. The Hall–Kier alpha value is -3.95. The number of hydrazine groups is 1. The van der Waals surface area contributed by atoms with Crippen LogP contribution in [0, 0.1) is 13.8 Å². The Morgan fingerprint density at radius 3 is 2.14 bits per heavy atom. The normalized spacial score (nSPS) is 14.2. The summed E-state index contributed by atoms with van der Waals surface area (Å²) in [6.45, 7) is 3.85. The third kappa shape index (κ3) is 5.64. The van der Waals surface area contributed by atoms with Crippen molar-refractivity contribution in [2.24, 2.45) is 0 Å². The van der Waals surface area contributed by atoms with Crippen molar-refractivity contribution in [3.05, 3.63) is 99.5 Å². The van der Waals surface area contributed by atoms with E-state index in [1.54, 1.807) is 48.5 Å². The summed E-state index contributed by atoms with van der Waals surface area (Å²) in [6, 6.07) is 19.0. The van der Waals surface area contributed by atoms with E-state index in [-0.39, 0.29) is 10.1 Å². The average molecular weight is 519 g/mol. The summed E-state index contributed by atoms with van der Waals surface area (Å²) in [6.07, 6.45) is 1.63. The van der Waals surface area contributed by atoms with E-state index in [0.29, 0.717) is 27.3 Å². The summed E-state index contributed by atoms with van der Waals surface area (Å²) in [7, 11) is 1.46. The van der Waals surface area contributed by atoms with E-state index < -0.39 is 17.8 Å². The summed E-state index contributed by atoms with van der Waals surface area (Å²) < 4.78 is 11.1. The summed E-state index contributed by atoms with van der Waals surface area (Å²) in [5.41, 5.74) is 6.08. The van der Waals surface area contributed by atoms with Gasteiger partial charge in [-0.05, 0) is 74.1 Å². The first-order valence-electron chi connectivity index (χ1n) is 10.9. The highest BCUT2D eigenvalue weighted by Crippen LogP contribution is 2.34. The topological polar surface area (TPSA) is 84.9 Å². The molecule has 1 N–H and O–H groups in total. The zero-order valence-electron chi connectivity index (χ0n) is 19.7. The summed E-state index contributed by atoms with van der Waals surface area (Å²) in [4.78, 5) is 38.3. The number of esters is 1. The zero-order valence-corrected chi connectivity index (χ0v) is 21.4. The smallest absolute Gasteiger partial charge is 0.343 e. The van der Waals surface area contributed by atoms with Crippen molar-refractivity contribution in [1.82, 2.24) is 10.4 Å². The van der Waals surface area contributed by atoms with Crippen LogP contribution in [0.2, 0.25) is 0 Å². The second-order valence-corrected chi connectivity index (χ2v) is 9.67. The number of carbonyl (C=O) groups excluding carboxylic acids is 3. The number of amides is 2. The van der Waals surface area contributed by atoms with Crippen molar-refractivity contribution < 1.29 is 23.9 Å². The molecule has 0 bridgehead atoms. The van der Waals surface area contributed by atoms with Crippen LogP contribution >= 0.6 is 24.0 Å². The van der Waals surface area contributed by atoms with E-state index in [2.05, 4.69) is 5.43 Å². The number of methoxy groups -OCH3 is 1. The molecule has 0 unspecified atom stereocenters. The number of aryl methyl sites for hydroxylation is 2. The Morgan fingerprint density at radius 2 is 1.53 bits per heavy atom. The van der Waals surface area contributed by atoms with Gasteiger partial charge in [-0.3, -0.25) is 15.0 Å². The van der Waals surface area contributed by atoms with Crippen LogP contribution in [0.1, 0.15) is 37.4 Å². The number of carbonyl (C=O) groups is 3. The lowest BCUT2D eigenvalue weighted by Crippen LogP contribution is -2.44. The highest BCUT2D eigenvalue weighted by Gasteiger charge is 2.33. The summed E-state index contributed by atoms with van der Waals surface area (Å²) in [5.74, 6) is -0.815. The van der Waals surface area contributed by atoms with Crippen LogP contribution in [0.4, 0.5) is 0 Å². The minimum absolute atomic E-state index is 0.210. The first kappa shape index (κ1) is 25.2. The largest absolute Gasteiger partial charge is 0.493 e. The molecule has 7 nitrogen and oxygen atoms in total. The Balaban J connectivity index is 1.49. The maximum atomic E-state index is 12.9. The number of thiocarbonyl (C=S) groups is 1. The Bertz CT molecular complexity index is 1380. The lowest BCUT2D eigenvalue weighted by Gasteiger charge is -2.15. The maximum absolute atomic E-state index is 12.9. The lowest BCUT2D eigenvalue weighted by atomic mass is 10.1. The molecule has 1 heterocycles. The first-order chi connectivity index (χ1) is 17.2. The monoisotopic (exact) mass is 518 g/mol. The SMILES string of the molecule is COc1cc(C=C2SC(=S)N(NC(=O)c3ccc(C)cc3)C2=O)ccc1OC(=O)c1ccc(C)cc1. The number of ether oxygens (including phenoxy) is 2. The molecule has 1 saturated heterocycles. The van der Waals surface area contributed by atoms with Crippen LogP contribution in [-0.4, -0.2) is 34.2 Å². The van der Waals surface area contributed by atoms with Gasteiger partial charge in [0, 0.05) is 5.56 Å². The van der Waals surface area contributed by atoms with Crippen LogP contribution in [0.25, 0.3) is 6.08 Å². The average Bonchev–Trinajstić information content (AvgIpc) is 3.12. The van der Waals surface area contributed by atoms with Crippen LogP contribution in [0.5, 0.6) is 11.5 Å². The molecule has 0 radical (unpaired) electrons. The fourth-order valence-corrected chi connectivity index (χ4v) is 4.47. The number of nitrogens with one attached hydrogen (secondary N) is 1. The van der Waals surface area contributed by atoms with Gasteiger partial charge in [0.1, 0.15) is 0 Å². The number of benzene rings is 3. The molecule has 0 spiro atoms. The molecule has 4 rings (SSSR count). The van der Waals surface area contributed by atoms with Crippen molar-refractivity contribution in [3.63, 3.8) is 0 Å². The fourth-order valence-electron chi connectivity index (χ4n) is 3.29. The van der Waals surface area contributed by atoms with Crippen LogP contribution < -0.4 is 14.9 Å². The standard InChI is InChI=1S/C27H22N2O5S2/c1-16-4-9-19(10-5-16)24(30)28-29-25(31)23(36-27(29)35)15-18-8-13-21(22(14-18)33-3)34-26(32)20-11-6-17(2)7-12-20/h4-15H,1-3H3,(H,28,30). The van der Waals surface area contributed by atoms with Crippen molar-refractivity contribution in [2.75, 3.05) is 7.11 Å². The third-order valence-corrected chi connectivity index (χ3v) is 6.60. The minimum atomic E-state index is -0.508. The Kier molecular flexibility index (Phi) is 7.52. The summed E-state index contributed by atoms with van der Waals surface area (Å²) >= 11 is 6.37. The summed E-state index contributed by atoms with van der Waals surface area (Å²) in [5, 5.41) is 1.06. The highest BCUT2D eigenvalue weighted by atomic mass is 32.2. The molecule has 36 heavy (non-hydrogen) atoms. The van der Waals surface area contributed by atoms with Gasteiger partial charge in [0.05, 0.1) is 17.6 Å². The number of thioether (sulfide) groups is 1. The fraction of sp³-hybridized carbons (Fsp3) is 0.111. The lowest BCUT2D eigenvalue weighted by molar-refractivity contribution is -0.123. The molecule has 0 saturated carbocycles. The molecule has 1 fully saturated rings. The minimum Gasteiger partial charge on any atom is -0.493 e. The van der Waals surface area contributed by atoms with Gasteiger partial charge in [0.25, 0.3) is 11.8 Å². The Morgan fingerprint density at radius 1 is 0.917 bits per heavy atom. The molecule has 0 atom stereocenters. The number of rotatable bonds is 6. The molecule has 3 aromatic carbocycles. The molecule has 9 heteroatoms. The maximum Gasteiger partial charge on any atom is 0.343 e. The molecule has 2 amide bonds. The first-order valence-corrected chi connectivity index (χ1v) is 12.1. The van der Waals surface area contributed by atoms with Gasteiger partial charge in [-0.25, -0.2) is 4.79 Å². The van der Waals surface area contributed by atoms with Crippen molar-refractivity contribution >= 4 is 52.2 Å². The van der Waals surface area contributed by atoms with Crippen LogP contribution in [0.15, 0.2) is 71.6 Å². The van der Waals surface area contributed by atoms with Crippen molar-refractivity contribution in [3.8, 4) is 11.5 Å². The van der Waals surface area contributed by atoms with Gasteiger partial charge >= 0.3 is 5.97 Å². The van der Waals surface area contributed by atoms with E-state index in [0.717, 1.165) is 27.9 Å². The van der Waals surface area contributed by atoms with Gasteiger partial charge in [-0.15, -0.1) is 0 Å². The predicted octanol–water partition coefficient (Wildman–Crippen LogP) is 5.08. The number of hydrogen-bond donors (Lipinski definition) is 1. The molecular weight excluding hydrogens is 496 g/mol. The second kappa shape index (κ2) is 10.8. The van der Waals surface area contributed by atoms with Gasteiger partial charge in [-0.2, -0.15) is 5.01 Å². The molecule has 182 valence electrons. The van der Waals surface area contributed by atoms with Gasteiger partial charge in [0.15, 0.2) is 15.8 Å². The Labute approximate surface area is 218 Å². The van der Waals surface area contributed by atoms with Gasteiger partial charge in [-0.1, -0.05) is 53.2 Å². The van der Waals surface area contributed by atoms with E-state index in [4.69, 9.17) is 21.7 Å². The zero-order chi connectivity index (χ0) is 25.8. The molecule has 3 aromatic rings. The van der Waals surface area contributed by atoms with Crippen LogP contribution in [0.3, 0.4) is 0 Å². The van der Waals surface area contributed by atoms with Crippen molar-refractivity contribution in [2.45, 2.75) is 13.8 Å². The predicted molar refractivity (Wildman–Crippen MR) is 143 cm³/mol. The number of hydrogen-bond acceptors (Lipinski definition) is 7. The molecular formula is C27H22N2O5S2. The van der Waals surface area contributed by atoms with E-state index in [9.17, 15) is 14.4 Å². The molecule has 0 aromatic heterocycles. The van der Waals surface area contributed by atoms with Crippen LogP contribution in [-0.2, 0) is 4.79 Å². The molecule has 0 aliphatic carbocycles. The van der Waals surface area contributed by atoms with Gasteiger partial charge < -0.3 is 9.47 Å². The quantitative estimate of drug-likeness (QED) is 0.211. The van der Waals surface area contributed by atoms with Gasteiger partial charge in [0.2, 0.25) is 0 Å². The number of nitrogens with zero attached hydrogens (tertiary/aromatic N) is 1. The molecule has 1 aliphatic heterocycles. The highest BCUT2D eigenvalue weighted by molar-refractivity contribution is 8.26. The van der Waals surface area contributed by atoms with E-state index in [1.165, 1.54) is 7.11 Å². The molecule has 1 aliphatic rings. The third-order valence-electron chi connectivity index (χ3n) is 5.30.